The molecule has 7 heteroatoms. The number of aryl methyl sites for hydroxylation is 2. The van der Waals surface area contributed by atoms with Gasteiger partial charge in [-0.05, 0) is 55.2 Å². The molecular weight excluding hydrogens is 486 g/mol. The van der Waals surface area contributed by atoms with Crippen LogP contribution in [0.4, 0.5) is 5.69 Å². The van der Waals surface area contributed by atoms with Crippen LogP contribution in [0.25, 0.3) is 17.3 Å². The molecule has 3 aromatic rings. The number of hydrogen-bond acceptors (Lipinski definition) is 6. The zero-order valence-corrected chi connectivity index (χ0v) is 23.7. The number of methoxy groups -OCH3 is 1. The average molecular weight is 528 g/mol. The second kappa shape index (κ2) is 12.7. The maximum Gasteiger partial charge on any atom is 0.185 e. The molecule has 0 fully saturated rings. The van der Waals surface area contributed by atoms with E-state index in [9.17, 15) is 4.79 Å². The molecular formula is C32H41N5O2. The third kappa shape index (κ3) is 5.83. The van der Waals surface area contributed by atoms with Crippen molar-refractivity contribution in [1.82, 2.24) is 19.8 Å². The number of anilines is 1. The summed E-state index contributed by atoms with van der Waals surface area (Å²) in [7, 11) is 1.74. The molecule has 5 rings (SSSR count). The van der Waals surface area contributed by atoms with E-state index >= 15 is 0 Å². The van der Waals surface area contributed by atoms with E-state index < -0.39 is 0 Å². The normalized spacial score (nSPS) is 14.9. The Bertz CT molecular complexity index is 1370. The number of Topliss-reactive ketones (excluding diaryl/α,β-unsaturated/α-hetero) is 1. The number of benzene rings is 1. The lowest BCUT2D eigenvalue weighted by atomic mass is 9.89. The van der Waals surface area contributed by atoms with E-state index in [1.54, 1.807) is 7.11 Å². The molecule has 7 nitrogen and oxygen atoms in total. The zero-order chi connectivity index (χ0) is 27.2. The van der Waals surface area contributed by atoms with Crippen LogP contribution in [0.5, 0.6) is 0 Å². The maximum absolute atomic E-state index is 13.0. The van der Waals surface area contributed by atoms with E-state index in [1.807, 2.05) is 10.7 Å². The fourth-order valence-corrected chi connectivity index (χ4v) is 6.12. The van der Waals surface area contributed by atoms with Gasteiger partial charge in [-0.25, -0.2) is 0 Å². The van der Waals surface area contributed by atoms with Crippen molar-refractivity contribution in [1.29, 1.82) is 0 Å². The molecule has 2 aromatic heterocycles. The smallest absolute Gasteiger partial charge is 0.185 e. The molecule has 2 aliphatic rings. The minimum atomic E-state index is 0.209. The van der Waals surface area contributed by atoms with E-state index in [1.165, 1.54) is 22.3 Å². The van der Waals surface area contributed by atoms with Crippen molar-refractivity contribution in [3.8, 4) is 0 Å². The maximum atomic E-state index is 13.0. The van der Waals surface area contributed by atoms with Gasteiger partial charge in [-0.15, -0.1) is 10.2 Å². The molecule has 0 saturated heterocycles. The Labute approximate surface area is 232 Å². The predicted molar refractivity (Wildman–Crippen MR) is 157 cm³/mol. The molecule has 0 unspecified atom stereocenters. The molecule has 1 aromatic carbocycles. The van der Waals surface area contributed by atoms with E-state index in [-0.39, 0.29) is 5.92 Å². The first-order valence-corrected chi connectivity index (χ1v) is 14.6. The van der Waals surface area contributed by atoms with Crippen LogP contribution in [-0.2, 0) is 28.8 Å². The standard InChI is InChI=1S/C32H41N5O2/c1-4-8-25(9-5-2)30(38)18-16-24-11-6-10-23-13-14-26(15-17-27(23)24)31-34-35-32-28-12-7-19-36(20-21-39-3)29(28)22-33-37(31)32/h6,10-11,13-15,22,25H,4-5,7-9,12,16-21H2,1-3H3. The third-order valence-electron chi connectivity index (χ3n) is 8.18. The number of hydrogen-bond donors (Lipinski definition) is 0. The minimum Gasteiger partial charge on any atom is -0.383 e. The van der Waals surface area contributed by atoms with E-state index in [0.29, 0.717) is 18.8 Å². The highest BCUT2D eigenvalue weighted by Gasteiger charge is 2.24. The first-order chi connectivity index (χ1) is 19.1. The summed E-state index contributed by atoms with van der Waals surface area (Å²) < 4.78 is 7.20. The van der Waals surface area contributed by atoms with E-state index in [2.05, 4.69) is 65.4 Å². The highest BCUT2D eigenvalue weighted by Crippen LogP contribution is 2.31. The number of nitrogens with zero attached hydrogens (tertiary/aromatic N) is 5. The number of ketones is 1. The molecule has 0 spiro atoms. The van der Waals surface area contributed by atoms with Gasteiger partial charge in [-0.2, -0.15) is 9.61 Å². The van der Waals surface area contributed by atoms with Crippen LogP contribution in [0, 0.1) is 5.92 Å². The Kier molecular flexibility index (Phi) is 8.87. The number of rotatable bonds is 12. The Morgan fingerprint density at radius 3 is 2.74 bits per heavy atom. The van der Waals surface area contributed by atoms with Crippen LogP contribution in [0.2, 0.25) is 0 Å². The van der Waals surface area contributed by atoms with Crippen LogP contribution < -0.4 is 4.90 Å². The lowest BCUT2D eigenvalue weighted by molar-refractivity contribution is -0.123. The number of carbonyl (C=O) groups is 1. The lowest BCUT2D eigenvalue weighted by Crippen LogP contribution is -2.33. The molecule has 206 valence electrons. The van der Waals surface area contributed by atoms with Crippen molar-refractivity contribution in [3.63, 3.8) is 0 Å². The molecule has 0 radical (unpaired) electrons. The first kappa shape index (κ1) is 27.3. The van der Waals surface area contributed by atoms with Crippen LogP contribution in [0.1, 0.15) is 80.5 Å². The molecule has 3 heterocycles. The summed E-state index contributed by atoms with van der Waals surface area (Å²) in [4.78, 5) is 15.3. The van der Waals surface area contributed by atoms with Gasteiger partial charge in [-0.1, -0.05) is 63.1 Å². The summed E-state index contributed by atoms with van der Waals surface area (Å²) >= 11 is 0. The van der Waals surface area contributed by atoms with Gasteiger partial charge in [0.05, 0.1) is 18.5 Å². The second-order valence-corrected chi connectivity index (χ2v) is 10.8. The van der Waals surface area contributed by atoms with Crippen LogP contribution in [0.15, 0.2) is 36.5 Å². The highest BCUT2D eigenvalue weighted by molar-refractivity contribution is 5.82. The number of allylic oxidation sites excluding steroid dienone is 3. The van der Waals surface area contributed by atoms with Crippen LogP contribution >= 0.6 is 0 Å². The van der Waals surface area contributed by atoms with Crippen molar-refractivity contribution < 1.29 is 9.53 Å². The highest BCUT2D eigenvalue weighted by atomic mass is 16.5. The molecule has 0 atom stereocenters. The van der Waals surface area contributed by atoms with Gasteiger partial charge in [0.15, 0.2) is 11.5 Å². The van der Waals surface area contributed by atoms with Gasteiger partial charge in [0, 0.05) is 43.7 Å². The second-order valence-electron chi connectivity index (χ2n) is 10.8. The lowest BCUT2D eigenvalue weighted by Gasteiger charge is -2.30. The van der Waals surface area contributed by atoms with Gasteiger partial charge in [0.2, 0.25) is 0 Å². The third-order valence-corrected chi connectivity index (χ3v) is 8.18. The molecule has 0 amide bonds. The zero-order valence-electron chi connectivity index (χ0n) is 23.7. The van der Waals surface area contributed by atoms with Gasteiger partial charge < -0.3 is 9.64 Å². The molecule has 1 aliphatic carbocycles. The molecule has 1 aliphatic heterocycles. The molecule has 0 saturated carbocycles. The number of fused-ring (bicyclic) bond motifs is 4. The molecule has 39 heavy (non-hydrogen) atoms. The van der Waals surface area contributed by atoms with Gasteiger partial charge in [0.25, 0.3) is 0 Å². The summed E-state index contributed by atoms with van der Waals surface area (Å²) in [5.41, 5.74) is 7.99. The van der Waals surface area contributed by atoms with Crippen molar-refractivity contribution in [3.05, 3.63) is 64.6 Å². The van der Waals surface area contributed by atoms with E-state index in [0.717, 1.165) is 87.2 Å². The number of carbonyl (C=O) groups excluding carboxylic acids is 1. The summed E-state index contributed by atoms with van der Waals surface area (Å²) in [6.07, 6.45) is 16.9. The van der Waals surface area contributed by atoms with Gasteiger partial charge >= 0.3 is 0 Å². The summed E-state index contributed by atoms with van der Waals surface area (Å²) in [5, 5.41) is 14.0. The topological polar surface area (TPSA) is 72.6 Å². The molecule has 0 N–H and O–H groups in total. The van der Waals surface area contributed by atoms with Crippen molar-refractivity contribution in [2.75, 3.05) is 31.7 Å². The quantitative estimate of drug-likeness (QED) is 0.292. The monoisotopic (exact) mass is 527 g/mol. The predicted octanol–water partition coefficient (Wildman–Crippen LogP) is 5.89. The SMILES string of the molecule is CCCC(CCC)C(=O)CCc1cccc2c1CC=C(c1nnc3c4c(cnn13)N(CCOC)CCC4)C=C2. The average Bonchev–Trinajstić information content (AvgIpc) is 3.28. The number of aromatic nitrogens is 4. The van der Waals surface area contributed by atoms with Crippen molar-refractivity contribution in [2.45, 2.75) is 71.6 Å². The Morgan fingerprint density at radius 2 is 1.95 bits per heavy atom. The molecule has 0 bridgehead atoms. The van der Waals surface area contributed by atoms with Gasteiger partial charge in [0.1, 0.15) is 5.78 Å². The Balaban J connectivity index is 1.37. The summed E-state index contributed by atoms with van der Waals surface area (Å²) in [6, 6.07) is 6.46. The summed E-state index contributed by atoms with van der Waals surface area (Å²) in [5.74, 6) is 1.40. The van der Waals surface area contributed by atoms with Crippen molar-refractivity contribution >= 4 is 28.8 Å². The number of ether oxygens (including phenoxy) is 1. The summed E-state index contributed by atoms with van der Waals surface area (Å²) in [6.45, 7) is 6.88. The first-order valence-electron chi connectivity index (χ1n) is 14.6. The van der Waals surface area contributed by atoms with Gasteiger partial charge in [-0.3, -0.25) is 4.79 Å². The fraction of sp³-hybridized carbons (Fsp3) is 0.500. The van der Waals surface area contributed by atoms with Crippen LogP contribution in [-0.4, -0.2) is 52.4 Å². The van der Waals surface area contributed by atoms with Crippen LogP contribution in [0.3, 0.4) is 0 Å². The minimum absolute atomic E-state index is 0.209. The Hall–Kier alpha value is -3.32. The fourth-order valence-electron chi connectivity index (χ4n) is 6.12. The Morgan fingerprint density at radius 1 is 1.10 bits per heavy atom. The van der Waals surface area contributed by atoms with E-state index in [4.69, 9.17) is 9.84 Å². The largest absolute Gasteiger partial charge is 0.383 e. The van der Waals surface area contributed by atoms with Crippen molar-refractivity contribution in [2.24, 2.45) is 5.92 Å².